The molecule has 1 saturated heterocycles. The number of aryl methyl sites for hydroxylation is 2. The van der Waals surface area contributed by atoms with Crippen LogP contribution in [0.25, 0.3) is 31.8 Å². The first kappa shape index (κ1) is 54.4. The van der Waals surface area contributed by atoms with Gasteiger partial charge in [0.15, 0.2) is 5.13 Å². The predicted octanol–water partition coefficient (Wildman–Crippen LogP) is 10.0. The molecule has 7 rings (SSSR count). The number of aliphatic hydroxyl groups is 1. The molecule has 0 unspecified atom stereocenters. The number of thiazole rings is 2. The summed E-state index contributed by atoms with van der Waals surface area (Å²) in [6.45, 7) is 10.5. The molecule has 5 aromatic rings. The number of rotatable bonds is 20. The van der Waals surface area contributed by atoms with Crippen LogP contribution in [0.2, 0.25) is 0 Å². The smallest absolute Gasteiger partial charge is 0.411 e. The van der Waals surface area contributed by atoms with Crippen LogP contribution in [-0.4, -0.2) is 97.7 Å². The number of aliphatic hydroxyl groups excluding tert-OH is 1. The highest BCUT2D eigenvalue weighted by Gasteiger charge is 2.44. The fourth-order valence-corrected chi connectivity index (χ4v) is 10.7. The van der Waals surface area contributed by atoms with Crippen LogP contribution in [0.3, 0.4) is 0 Å². The number of ether oxygens (including phenoxy) is 1. The van der Waals surface area contributed by atoms with Crippen LogP contribution in [0.5, 0.6) is 0 Å². The van der Waals surface area contributed by atoms with E-state index in [2.05, 4.69) is 37.3 Å². The Morgan fingerprint density at radius 2 is 1.58 bits per heavy atom. The molecule has 0 radical (unpaired) electrons. The largest absolute Gasteiger partial charge is 0.483 e. The van der Waals surface area contributed by atoms with Gasteiger partial charge in [0.1, 0.15) is 18.2 Å². The van der Waals surface area contributed by atoms with Crippen molar-refractivity contribution in [1.82, 2.24) is 30.5 Å². The van der Waals surface area contributed by atoms with Crippen molar-refractivity contribution in [2.45, 2.75) is 155 Å². The van der Waals surface area contributed by atoms with Gasteiger partial charge in [0.2, 0.25) is 17.7 Å². The zero-order valence-electron chi connectivity index (χ0n) is 41.6. The van der Waals surface area contributed by atoms with Crippen molar-refractivity contribution in [1.29, 1.82) is 0 Å². The van der Waals surface area contributed by atoms with Crippen molar-refractivity contribution < 1.29 is 38.9 Å². The van der Waals surface area contributed by atoms with Crippen LogP contribution in [0, 0.1) is 19.3 Å². The number of nitrogens with zero attached hydrogens (tertiary/aromatic N) is 4. The van der Waals surface area contributed by atoms with E-state index >= 15 is 0 Å². The van der Waals surface area contributed by atoms with Gasteiger partial charge in [-0.05, 0) is 92.7 Å². The maximum atomic E-state index is 14.0. The third-order valence-electron chi connectivity index (χ3n) is 12.9. The normalized spacial score (nSPS) is 16.4. The number of carbonyl (C=O) groups is 5. The Morgan fingerprint density at radius 1 is 0.887 bits per heavy atom. The van der Waals surface area contributed by atoms with Gasteiger partial charge in [-0.25, -0.2) is 14.8 Å². The topological polar surface area (TPSA) is 225 Å². The van der Waals surface area contributed by atoms with Gasteiger partial charge >= 0.3 is 6.09 Å². The molecule has 16 nitrogen and oxygen atoms in total. The summed E-state index contributed by atoms with van der Waals surface area (Å²) in [5.74, 6) is -0.865. The number of hydrogen-bond acceptors (Lipinski definition) is 13. The highest BCUT2D eigenvalue weighted by Crippen LogP contribution is 2.33. The minimum atomic E-state index is -0.843. The number of aromatic nitrogens is 3. The molecule has 382 valence electrons. The third kappa shape index (κ3) is 16.0. The zero-order valence-corrected chi connectivity index (χ0v) is 43.3. The third-order valence-corrected chi connectivity index (χ3v) is 14.9. The number of nitrogens with one attached hydrogen (secondary N) is 4. The number of benzene rings is 2. The molecule has 4 amide bonds. The fourth-order valence-electron chi connectivity index (χ4n) is 8.97. The van der Waals surface area contributed by atoms with Gasteiger partial charge in [0.05, 0.1) is 43.8 Å². The van der Waals surface area contributed by atoms with Crippen LogP contribution in [0.4, 0.5) is 15.6 Å². The minimum Gasteiger partial charge on any atom is -0.483 e. The molecule has 2 fully saturated rings. The monoisotopic (exact) mass is 1010 g/mol. The number of carboxylic acid groups (broad SMARTS) is 1. The predicted molar refractivity (Wildman–Crippen MR) is 280 cm³/mol. The first-order valence-corrected chi connectivity index (χ1v) is 26.5. The molecule has 0 bridgehead atoms. The number of amides is 4. The van der Waals surface area contributed by atoms with Gasteiger partial charge in [0, 0.05) is 44.2 Å². The van der Waals surface area contributed by atoms with Crippen molar-refractivity contribution in [3.63, 3.8) is 0 Å². The summed E-state index contributed by atoms with van der Waals surface area (Å²) in [5, 5.41) is 30.7. The molecule has 2 aromatic carbocycles. The molecule has 1 saturated carbocycles. The maximum absolute atomic E-state index is 14.0. The molecule has 1 aliphatic heterocycles. The number of β-amino-alcohol motifs (C(OH)–C–C–N with tert-alkyl or cyclic N) is 1. The van der Waals surface area contributed by atoms with Crippen LogP contribution >= 0.6 is 22.7 Å². The Balaban J connectivity index is 0.00000268. The van der Waals surface area contributed by atoms with E-state index in [1.54, 1.807) is 22.7 Å². The van der Waals surface area contributed by atoms with Crippen LogP contribution in [0.1, 0.15) is 128 Å². The fraction of sp³-hybridized carbons (Fsp3) is 0.509. The number of hydrogen-bond donors (Lipinski definition) is 6. The summed E-state index contributed by atoms with van der Waals surface area (Å²) in [7, 11) is 0. The maximum Gasteiger partial charge on any atom is 0.411 e. The Kier molecular flexibility index (Phi) is 20.3. The lowest BCUT2D eigenvalue weighted by molar-refractivity contribution is -0.144. The second kappa shape index (κ2) is 26.5. The molecule has 0 spiro atoms. The van der Waals surface area contributed by atoms with E-state index in [0.717, 1.165) is 131 Å². The standard InChI is InChI=1S/C52H68N8O6S2.CH2O2/c1-33-42(58-51(65)66-40-16-12-11-13-17-40)26-38(30-54-33)37-23-24-41-44(27-37)68-50(57-41)53-25-15-10-8-6-7-9-14-18-45(62)59-47(52(3,4)5)49(64)60-31-39(61)28-43(60)48(63)55-29-35-19-21-36(22-20-35)46-34(2)56-32-67-46;2-1-3/h19-24,26-27,30,32,39-40,43,47,61H,6-18,25,28-29,31H2,1-5H3,(H,53,57)(H,55,63)(H,58,65)(H,59,62);1H,(H,2,3)/t39-,43+,47-;/m1./s1. The average molecular weight is 1010 g/mol. The van der Waals surface area contributed by atoms with Crippen LogP contribution in [-0.2, 0) is 30.5 Å². The first-order chi connectivity index (χ1) is 34.1. The Morgan fingerprint density at radius 3 is 2.27 bits per heavy atom. The second-order valence-corrected chi connectivity index (χ2v) is 21.4. The molecule has 3 aromatic heterocycles. The van der Waals surface area contributed by atoms with Crippen LogP contribution < -0.4 is 21.3 Å². The van der Waals surface area contributed by atoms with E-state index in [1.807, 2.05) is 88.8 Å². The summed E-state index contributed by atoms with van der Waals surface area (Å²) < 4.78 is 6.75. The first-order valence-electron chi connectivity index (χ1n) is 24.9. The molecule has 2 aliphatic rings. The van der Waals surface area contributed by atoms with Gasteiger partial charge in [-0.2, -0.15) is 0 Å². The lowest BCUT2D eigenvalue weighted by atomic mass is 9.85. The van der Waals surface area contributed by atoms with E-state index < -0.39 is 29.7 Å². The Labute approximate surface area is 424 Å². The number of fused-ring (bicyclic) bond motifs is 1. The lowest BCUT2D eigenvalue weighted by Gasteiger charge is -2.35. The molecular weight excluding hydrogens is 941 g/mol. The van der Waals surface area contributed by atoms with Gasteiger partial charge in [-0.1, -0.05) is 101 Å². The van der Waals surface area contributed by atoms with Gasteiger partial charge in [0.25, 0.3) is 6.47 Å². The van der Waals surface area contributed by atoms with Crippen molar-refractivity contribution in [3.05, 3.63) is 77.2 Å². The van der Waals surface area contributed by atoms with E-state index in [4.69, 9.17) is 19.6 Å². The number of carbonyl (C=O) groups excluding carboxylic acids is 4. The molecule has 1 aliphatic carbocycles. The highest BCUT2D eigenvalue weighted by atomic mass is 32.1. The molecule has 71 heavy (non-hydrogen) atoms. The number of unbranched alkanes of at least 4 members (excludes halogenated alkanes) is 6. The van der Waals surface area contributed by atoms with Crippen molar-refractivity contribution >= 4 is 74.0 Å². The lowest BCUT2D eigenvalue weighted by Crippen LogP contribution is -2.57. The molecule has 18 heteroatoms. The average Bonchev–Trinajstić information content (AvgIpc) is 4.09. The van der Waals surface area contributed by atoms with E-state index in [0.29, 0.717) is 12.1 Å². The number of anilines is 2. The summed E-state index contributed by atoms with van der Waals surface area (Å²) in [5.41, 5.74) is 8.41. The Bertz CT molecular complexity index is 2550. The molecule has 4 heterocycles. The van der Waals surface area contributed by atoms with Gasteiger partial charge in [-0.15, -0.1) is 11.3 Å². The summed E-state index contributed by atoms with van der Waals surface area (Å²) in [4.78, 5) is 77.9. The van der Waals surface area contributed by atoms with Gasteiger partial charge < -0.3 is 35.8 Å². The van der Waals surface area contributed by atoms with Crippen molar-refractivity contribution in [2.24, 2.45) is 5.41 Å². The number of pyridine rings is 1. The SMILES string of the molecule is Cc1ncc(-c2ccc3nc(NCCCCCCCCCC(=O)N[C@H](C(=O)N4C[C@H](O)C[C@H]4C(=O)NCc4ccc(-c5scnc5C)cc4)C(C)(C)C)sc3c2)cc1NC(=O)OC1CCCCC1.O=CO. The summed E-state index contributed by atoms with van der Waals surface area (Å²) >= 11 is 3.21. The number of likely N-dealkylation sites (tertiary alicyclic amines) is 1. The highest BCUT2D eigenvalue weighted by molar-refractivity contribution is 7.22. The second-order valence-electron chi connectivity index (χ2n) is 19.5. The van der Waals surface area contributed by atoms with Crippen molar-refractivity contribution in [3.8, 4) is 21.6 Å². The summed E-state index contributed by atoms with van der Waals surface area (Å²) in [6.07, 6.45) is 13.2. The van der Waals surface area contributed by atoms with Gasteiger partial charge in [-0.3, -0.25) is 29.5 Å². The van der Waals surface area contributed by atoms with E-state index in [1.165, 1.54) is 11.3 Å². The van der Waals surface area contributed by atoms with Crippen LogP contribution in [0.15, 0.2) is 60.2 Å². The molecular formula is C53H70N8O8S2. The Hall–Kier alpha value is -5.98. The minimum absolute atomic E-state index is 0.0174. The molecule has 6 N–H and O–H groups in total. The van der Waals surface area contributed by atoms with E-state index in [9.17, 15) is 24.3 Å². The zero-order chi connectivity index (χ0) is 50.9. The van der Waals surface area contributed by atoms with Crippen molar-refractivity contribution in [2.75, 3.05) is 23.7 Å². The quantitative estimate of drug-likeness (QED) is 0.0316. The molecule has 3 atom stereocenters. The van der Waals surface area contributed by atoms with E-state index in [-0.39, 0.29) is 49.8 Å². The summed E-state index contributed by atoms with van der Waals surface area (Å²) in [6, 6.07) is 14.4.